The molecule has 0 radical (unpaired) electrons. The van der Waals surface area contributed by atoms with Crippen molar-refractivity contribution in [1.82, 2.24) is 0 Å². The number of nitrogens with one attached hydrogen (secondary N) is 1. The summed E-state index contributed by atoms with van der Waals surface area (Å²) in [7, 11) is 0. The summed E-state index contributed by atoms with van der Waals surface area (Å²) in [6.45, 7) is 0. The number of benzene rings is 1. The lowest BCUT2D eigenvalue weighted by Crippen LogP contribution is -1.89. The first-order valence-corrected chi connectivity index (χ1v) is 3.82. The number of aryl methyl sites for hydroxylation is 1. The molecule has 2 rings (SSSR count). The summed E-state index contributed by atoms with van der Waals surface area (Å²) >= 11 is 0. The Kier molecular flexibility index (Phi) is 1.60. The predicted molar refractivity (Wildman–Crippen MR) is 46.9 cm³/mol. The molecule has 0 spiro atoms. The lowest BCUT2D eigenvalue weighted by molar-refractivity contribution is 1.07. The Morgan fingerprint density at radius 2 is 2.18 bits per heavy atom. The van der Waals surface area contributed by atoms with Gasteiger partial charge in [-0.3, -0.25) is 5.43 Å². The molecule has 0 amide bonds. The van der Waals surface area contributed by atoms with E-state index in [9.17, 15) is 0 Å². The fourth-order valence-electron chi connectivity index (χ4n) is 1.25. The molecule has 0 aromatic heterocycles. The van der Waals surface area contributed by atoms with Gasteiger partial charge in [-0.05, 0) is 24.5 Å². The third kappa shape index (κ3) is 1.24. The zero-order valence-corrected chi connectivity index (χ0v) is 6.25. The average Bonchev–Trinajstić information content (AvgIpc) is 2.28. The van der Waals surface area contributed by atoms with Crippen LogP contribution in [-0.2, 0) is 6.42 Å². The predicted octanol–water partition coefficient (Wildman–Crippen LogP) is 2.03. The second-order valence-corrected chi connectivity index (χ2v) is 2.62. The maximum atomic E-state index is 4.04. The molecule has 1 aliphatic rings. The lowest BCUT2D eigenvalue weighted by atomic mass is 10.1. The van der Waals surface area contributed by atoms with Crippen molar-refractivity contribution in [2.75, 3.05) is 5.43 Å². The molecule has 11 heavy (non-hydrogen) atoms. The van der Waals surface area contributed by atoms with Crippen molar-refractivity contribution >= 4 is 11.9 Å². The van der Waals surface area contributed by atoms with Crippen LogP contribution in [-0.4, -0.2) is 6.21 Å². The molecule has 0 saturated carbocycles. The quantitative estimate of drug-likeness (QED) is 0.595. The number of hydrazone groups is 1. The van der Waals surface area contributed by atoms with Gasteiger partial charge in [-0.2, -0.15) is 5.10 Å². The third-order valence-corrected chi connectivity index (χ3v) is 1.84. The highest BCUT2D eigenvalue weighted by atomic mass is 15.3. The maximum absolute atomic E-state index is 4.04. The van der Waals surface area contributed by atoms with E-state index in [4.69, 9.17) is 0 Å². The molecule has 1 aromatic rings. The second-order valence-electron chi connectivity index (χ2n) is 2.62. The van der Waals surface area contributed by atoms with Crippen LogP contribution in [0.25, 0.3) is 0 Å². The van der Waals surface area contributed by atoms with E-state index in [0.717, 1.165) is 18.5 Å². The van der Waals surface area contributed by atoms with Crippen molar-refractivity contribution in [3.63, 3.8) is 0 Å². The van der Waals surface area contributed by atoms with Gasteiger partial charge in [0.1, 0.15) is 0 Å². The topological polar surface area (TPSA) is 24.4 Å². The molecule has 0 aliphatic carbocycles. The van der Waals surface area contributed by atoms with Crippen LogP contribution in [0, 0.1) is 0 Å². The van der Waals surface area contributed by atoms with E-state index in [2.05, 4.69) is 28.7 Å². The summed E-state index contributed by atoms with van der Waals surface area (Å²) in [6, 6.07) is 8.27. The van der Waals surface area contributed by atoms with Crippen molar-refractivity contribution in [3.05, 3.63) is 29.8 Å². The molecule has 0 atom stereocenters. The van der Waals surface area contributed by atoms with E-state index in [1.165, 1.54) is 5.56 Å². The van der Waals surface area contributed by atoms with Gasteiger partial charge in [0, 0.05) is 6.21 Å². The molecule has 1 heterocycles. The van der Waals surface area contributed by atoms with Gasteiger partial charge >= 0.3 is 0 Å². The number of nitrogens with zero attached hydrogens (tertiary/aromatic N) is 1. The summed E-state index contributed by atoms with van der Waals surface area (Å²) in [6.07, 6.45) is 4.04. The number of para-hydroxylation sites is 1. The van der Waals surface area contributed by atoms with Crippen LogP contribution in [0.4, 0.5) is 5.69 Å². The first-order chi connectivity index (χ1) is 5.47. The molecule has 0 fully saturated rings. The molecular weight excluding hydrogens is 136 g/mol. The fraction of sp³-hybridized carbons (Fsp3) is 0.222. The fourth-order valence-corrected chi connectivity index (χ4v) is 1.25. The van der Waals surface area contributed by atoms with Crippen LogP contribution >= 0.6 is 0 Å². The van der Waals surface area contributed by atoms with E-state index < -0.39 is 0 Å². The van der Waals surface area contributed by atoms with E-state index in [1.807, 2.05) is 12.3 Å². The Morgan fingerprint density at radius 3 is 3.18 bits per heavy atom. The summed E-state index contributed by atoms with van der Waals surface area (Å²) in [5.74, 6) is 0. The average molecular weight is 146 g/mol. The van der Waals surface area contributed by atoms with Crippen LogP contribution in [0.5, 0.6) is 0 Å². The van der Waals surface area contributed by atoms with Crippen molar-refractivity contribution in [2.45, 2.75) is 12.8 Å². The zero-order chi connectivity index (χ0) is 7.52. The molecule has 0 bridgehead atoms. The molecule has 2 nitrogen and oxygen atoms in total. The van der Waals surface area contributed by atoms with E-state index in [0.29, 0.717) is 0 Å². The minimum atomic E-state index is 1.03. The van der Waals surface area contributed by atoms with Gasteiger partial charge in [0.2, 0.25) is 0 Å². The van der Waals surface area contributed by atoms with Crippen LogP contribution in [0.3, 0.4) is 0 Å². The molecule has 1 aliphatic heterocycles. The highest BCUT2D eigenvalue weighted by molar-refractivity contribution is 5.64. The molecule has 56 valence electrons. The van der Waals surface area contributed by atoms with Crippen LogP contribution in [0.15, 0.2) is 29.4 Å². The number of hydrogen-bond donors (Lipinski definition) is 1. The van der Waals surface area contributed by atoms with E-state index >= 15 is 0 Å². The number of anilines is 1. The number of hydrogen-bond acceptors (Lipinski definition) is 2. The van der Waals surface area contributed by atoms with Crippen molar-refractivity contribution < 1.29 is 0 Å². The molecule has 1 aromatic carbocycles. The summed E-state index contributed by atoms with van der Waals surface area (Å²) in [5.41, 5.74) is 5.49. The van der Waals surface area contributed by atoms with E-state index in [-0.39, 0.29) is 0 Å². The van der Waals surface area contributed by atoms with Crippen LogP contribution in [0.1, 0.15) is 12.0 Å². The van der Waals surface area contributed by atoms with Crippen LogP contribution in [0.2, 0.25) is 0 Å². The van der Waals surface area contributed by atoms with E-state index in [1.54, 1.807) is 0 Å². The first kappa shape index (κ1) is 6.40. The third-order valence-electron chi connectivity index (χ3n) is 1.84. The largest absolute Gasteiger partial charge is 0.279 e. The Balaban J connectivity index is 2.40. The Hall–Kier alpha value is -1.31. The van der Waals surface area contributed by atoms with Crippen LogP contribution < -0.4 is 5.43 Å². The lowest BCUT2D eigenvalue weighted by Gasteiger charge is -2.02. The van der Waals surface area contributed by atoms with Crippen molar-refractivity contribution in [1.29, 1.82) is 0 Å². The van der Waals surface area contributed by atoms with Crippen molar-refractivity contribution in [2.24, 2.45) is 5.10 Å². The summed E-state index contributed by atoms with van der Waals surface area (Å²) in [4.78, 5) is 0. The van der Waals surface area contributed by atoms with Gasteiger partial charge < -0.3 is 0 Å². The Morgan fingerprint density at radius 1 is 1.27 bits per heavy atom. The second kappa shape index (κ2) is 2.74. The monoisotopic (exact) mass is 146 g/mol. The first-order valence-electron chi connectivity index (χ1n) is 3.82. The SMILES string of the molecule is C1=NNc2ccccc2CC1. The number of rotatable bonds is 0. The van der Waals surface area contributed by atoms with Crippen molar-refractivity contribution in [3.8, 4) is 0 Å². The van der Waals surface area contributed by atoms with Gasteiger partial charge in [-0.25, -0.2) is 0 Å². The minimum Gasteiger partial charge on any atom is -0.279 e. The Labute approximate surface area is 65.9 Å². The molecular formula is C9H10N2. The maximum Gasteiger partial charge on any atom is 0.0593 e. The molecule has 0 saturated heterocycles. The van der Waals surface area contributed by atoms with Gasteiger partial charge in [0.05, 0.1) is 5.69 Å². The summed E-state index contributed by atoms with van der Waals surface area (Å²) in [5, 5.41) is 4.04. The van der Waals surface area contributed by atoms with Gasteiger partial charge in [0.15, 0.2) is 0 Å². The summed E-state index contributed by atoms with van der Waals surface area (Å²) < 4.78 is 0. The number of fused-ring (bicyclic) bond motifs is 1. The van der Waals surface area contributed by atoms with Gasteiger partial charge in [-0.15, -0.1) is 0 Å². The normalized spacial score (nSPS) is 14.9. The smallest absolute Gasteiger partial charge is 0.0593 e. The zero-order valence-electron chi connectivity index (χ0n) is 6.25. The van der Waals surface area contributed by atoms with Gasteiger partial charge in [-0.1, -0.05) is 18.2 Å². The highest BCUT2D eigenvalue weighted by Crippen LogP contribution is 2.17. The molecule has 1 N–H and O–H groups in total. The van der Waals surface area contributed by atoms with Gasteiger partial charge in [0.25, 0.3) is 0 Å². The standard InChI is InChI=1S/C9H10N2/c1-2-6-9-8(4-1)5-3-7-10-11-9/h1-2,4,6-7,11H,3,5H2. The molecule has 0 unspecified atom stereocenters. The molecule has 2 heteroatoms. The minimum absolute atomic E-state index is 1.03. The highest BCUT2D eigenvalue weighted by Gasteiger charge is 2.01. The Bertz CT molecular complexity index is 279.